The summed E-state index contributed by atoms with van der Waals surface area (Å²) in [5, 5.41) is 12.6. The van der Waals surface area contributed by atoms with Gasteiger partial charge in [0.05, 0.1) is 32.9 Å². The van der Waals surface area contributed by atoms with Crippen molar-refractivity contribution in [2.75, 3.05) is 20.3 Å². The van der Waals surface area contributed by atoms with Crippen LogP contribution in [0.1, 0.15) is 11.6 Å². The highest BCUT2D eigenvalue weighted by Gasteiger charge is 2.56. The molecule has 8 nitrogen and oxygen atoms in total. The lowest BCUT2D eigenvalue weighted by atomic mass is 10.2. The van der Waals surface area contributed by atoms with Crippen LogP contribution < -0.4 is 10.3 Å². The van der Waals surface area contributed by atoms with E-state index in [-0.39, 0.29) is 35.0 Å². The number of methoxy groups -OCH3 is 1. The number of hydrogen-bond acceptors (Lipinski definition) is 6. The number of halogens is 1. The van der Waals surface area contributed by atoms with Crippen LogP contribution in [0.5, 0.6) is 5.88 Å². The van der Waals surface area contributed by atoms with Gasteiger partial charge >= 0.3 is 0 Å². The number of ether oxygens (including phenoxy) is 2. The molecule has 1 aromatic carbocycles. The minimum atomic E-state index is -0.344. The molecule has 0 amide bonds. The molecule has 0 bridgehead atoms. The Labute approximate surface area is 147 Å². The van der Waals surface area contributed by atoms with Crippen LogP contribution in [0.25, 0.3) is 11.0 Å². The minimum absolute atomic E-state index is 0.0239. The molecule has 3 aromatic rings. The van der Waals surface area contributed by atoms with Crippen molar-refractivity contribution in [3.63, 3.8) is 0 Å². The second-order valence-electron chi connectivity index (χ2n) is 6.65. The summed E-state index contributed by atoms with van der Waals surface area (Å²) in [7, 11) is 1.46. The molecule has 1 aliphatic carbocycles. The van der Waals surface area contributed by atoms with Crippen LogP contribution in [-0.2, 0) is 11.3 Å². The minimum Gasteiger partial charge on any atom is -0.480 e. The van der Waals surface area contributed by atoms with Gasteiger partial charge in [0.25, 0.3) is 5.56 Å². The van der Waals surface area contributed by atoms with E-state index in [0.29, 0.717) is 36.5 Å². The lowest BCUT2D eigenvalue weighted by Crippen LogP contribution is -2.26. The van der Waals surface area contributed by atoms with Crippen LogP contribution in [0.4, 0.5) is 4.39 Å². The first kappa shape index (κ1) is 15.4. The van der Waals surface area contributed by atoms with Gasteiger partial charge in [-0.1, -0.05) is 23.4 Å². The van der Waals surface area contributed by atoms with E-state index in [1.807, 2.05) is 0 Å². The van der Waals surface area contributed by atoms with E-state index >= 15 is 0 Å². The van der Waals surface area contributed by atoms with Crippen molar-refractivity contribution in [1.29, 1.82) is 0 Å². The van der Waals surface area contributed by atoms with Gasteiger partial charge in [-0.15, -0.1) is 5.10 Å². The van der Waals surface area contributed by atoms with E-state index in [4.69, 9.17) is 9.47 Å². The lowest BCUT2D eigenvalue weighted by Gasteiger charge is -2.06. The number of fused-ring (bicyclic) bond motifs is 2. The standard InChI is InChI=1S/C17H16FN5O3/c1-25-17-14-13(20-22(17)6-9-4-2-3-5-12(9)18)16(24)23(21-19-14)15-10-7-26-8-11(10)15/h2-5,10-11,15H,6-8H2,1H3/t10-,11+,15-. The van der Waals surface area contributed by atoms with Crippen molar-refractivity contribution in [2.24, 2.45) is 11.8 Å². The van der Waals surface area contributed by atoms with Gasteiger partial charge in [0.1, 0.15) is 5.82 Å². The van der Waals surface area contributed by atoms with Crippen LogP contribution in [0, 0.1) is 17.7 Å². The summed E-state index contributed by atoms with van der Waals surface area (Å²) < 4.78 is 27.5. The Morgan fingerprint density at radius 2 is 2.04 bits per heavy atom. The van der Waals surface area contributed by atoms with Crippen LogP contribution in [0.2, 0.25) is 0 Å². The maximum absolute atomic E-state index is 14.0. The summed E-state index contributed by atoms with van der Waals surface area (Å²) in [6.07, 6.45) is 0. The molecule has 3 heterocycles. The largest absolute Gasteiger partial charge is 0.480 e. The fourth-order valence-corrected chi connectivity index (χ4v) is 3.78. The summed E-state index contributed by atoms with van der Waals surface area (Å²) in [4.78, 5) is 12.9. The lowest BCUT2D eigenvalue weighted by molar-refractivity contribution is 0.149. The van der Waals surface area contributed by atoms with Crippen molar-refractivity contribution >= 4 is 11.0 Å². The fourth-order valence-electron chi connectivity index (χ4n) is 3.78. The van der Waals surface area contributed by atoms with E-state index in [1.54, 1.807) is 18.2 Å². The Bertz CT molecular complexity index is 1050. The number of benzene rings is 1. The quantitative estimate of drug-likeness (QED) is 0.693. The summed E-state index contributed by atoms with van der Waals surface area (Å²) in [6, 6.07) is 6.43. The Kier molecular flexibility index (Phi) is 3.33. The second-order valence-corrected chi connectivity index (χ2v) is 6.65. The average molecular weight is 357 g/mol. The maximum Gasteiger partial charge on any atom is 0.298 e. The molecule has 2 fully saturated rings. The summed E-state index contributed by atoms with van der Waals surface area (Å²) >= 11 is 0. The summed E-state index contributed by atoms with van der Waals surface area (Å²) in [5.74, 6) is 0.589. The zero-order valence-electron chi connectivity index (χ0n) is 14.0. The van der Waals surface area contributed by atoms with E-state index < -0.39 is 0 Å². The molecule has 9 heteroatoms. The average Bonchev–Trinajstić information content (AvgIpc) is 2.98. The summed E-state index contributed by atoms with van der Waals surface area (Å²) in [5.41, 5.74) is 0.604. The Morgan fingerprint density at radius 1 is 1.27 bits per heavy atom. The van der Waals surface area contributed by atoms with Crippen molar-refractivity contribution < 1.29 is 13.9 Å². The first-order valence-electron chi connectivity index (χ1n) is 8.40. The monoisotopic (exact) mass is 357 g/mol. The topological polar surface area (TPSA) is 84.1 Å². The fraction of sp³-hybridized carbons (Fsp3) is 0.412. The molecule has 5 rings (SSSR count). The molecule has 134 valence electrons. The molecular formula is C17H16FN5O3. The molecule has 0 unspecified atom stereocenters. The number of nitrogens with zero attached hydrogens (tertiary/aromatic N) is 5. The SMILES string of the molecule is COc1c2nnn([C@@H]3[C@@H]4COC[C@@H]43)c(=O)c2nn1Cc1ccccc1F. The van der Waals surface area contributed by atoms with Crippen LogP contribution in [0.3, 0.4) is 0 Å². The zero-order chi connectivity index (χ0) is 17.8. The molecular weight excluding hydrogens is 341 g/mol. The third-order valence-corrected chi connectivity index (χ3v) is 5.19. The van der Waals surface area contributed by atoms with Gasteiger partial charge in [-0.25, -0.2) is 13.8 Å². The van der Waals surface area contributed by atoms with Gasteiger partial charge in [0.2, 0.25) is 5.88 Å². The van der Waals surface area contributed by atoms with Crippen LogP contribution in [-0.4, -0.2) is 45.1 Å². The zero-order valence-corrected chi connectivity index (χ0v) is 14.0. The molecule has 2 aliphatic rings. The van der Waals surface area contributed by atoms with Gasteiger partial charge in [0, 0.05) is 17.4 Å². The first-order chi connectivity index (χ1) is 12.7. The van der Waals surface area contributed by atoms with E-state index in [9.17, 15) is 9.18 Å². The molecule has 0 N–H and O–H groups in total. The number of aromatic nitrogens is 5. The van der Waals surface area contributed by atoms with Gasteiger partial charge in [-0.05, 0) is 6.07 Å². The highest BCUT2D eigenvalue weighted by atomic mass is 19.1. The molecule has 1 saturated heterocycles. The molecule has 3 atom stereocenters. The Hall–Kier alpha value is -2.81. The Balaban J connectivity index is 1.58. The third-order valence-electron chi connectivity index (χ3n) is 5.19. The van der Waals surface area contributed by atoms with Gasteiger partial charge in [-0.2, -0.15) is 5.10 Å². The third kappa shape index (κ3) is 2.16. The normalized spacial score (nSPS) is 24.0. The van der Waals surface area contributed by atoms with Gasteiger partial charge in [-0.3, -0.25) is 4.79 Å². The van der Waals surface area contributed by atoms with Gasteiger partial charge in [0.15, 0.2) is 11.0 Å². The van der Waals surface area contributed by atoms with Crippen molar-refractivity contribution in [2.45, 2.75) is 12.6 Å². The van der Waals surface area contributed by atoms with Crippen molar-refractivity contribution in [3.8, 4) is 5.88 Å². The predicted octanol–water partition coefficient (Wildman–Crippen LogP) is 1.00. The predicted molar refractivity (Wildman–Crippen MR) is 88.5 cm³/mol. The number of rotatable bonds is 4. The highest BCUT2D eigenvalue weighted by Crippen LogP contribution is 2.53. The smallest absolute Gasteiger partial charge is 0.298 e. The first-order valence-corrected chi connectivity index (χ1v) is 8.40. The highest BCUT2D eigenvalue weighted by molar-refractivity contribution is 5.78. The van der Waals surface area contributed by atoms with Crippen LogP contribution in [0.15, 0.2) is 29.1 Å². The van der Waals surface area contributed by atoms with Crippen molar-refractivity contribution in [1.82, 2.24) is 24.8 Å². The Morgan fingerprint density at radius 3 is 2.77 bits per heavy atom. The van der Waals surface area contributed by atoms with Gasteiger partial charge < -0.3 is 9.47 Å². The van der Waals surface area contributed by atoms with E-state index in [2.05, 4.69) is 15.4 Å². The molecule has 26 heavy (non-hydrogen) atoms. The summed E-state index contributed by atoms with van der Waals surface area (Å²) in [6.45, 7) is 1.42. The van der Waals surface area contributed by atoms with Crippen molar-refractivity contribution in [3.05, 3.63) is 46.0 Å². The van der Waals surface area contributed by atoms with E-state index in [1.165, 1.54) is 22.5 Å². The second kappa shape index (κ2) is 5.60. The molecule has 1 saturated carbocycles. The van der Waals surface area contributed by atoms with E-state index in [0.717, 1.165) is 0 Å². The molecule has 0 radical (unpaired) electrons. The maximum atomic E-state index is 14.0. The molecule has 2 aromatic heterocycles. The number of hydrogen-bond donors (Lipinski definition) is 0. The van der Waals surface area contributed by atoms with Crippen LogP contribution >= 0.6 is 0 Å². The molecule has 0 spiro atoms. The molecule has 1 aliphatic heterocycles.